The molecule has 0 heterocycles. The number of rotatable bonds is 10. The molecule has 0 aromatic carbocycles. The minimum Gasteiger partial charge on any atom is -0.381 e. The lowest BCUT2D eigenvalue weighted by atomic mass is 10.1. The zero-order valence-electron chi connectivity index (χ0n) is 12.5. The Bertz CT molecular complexity index is 256. The Hall–Kier alpha value is -0.710. The van der Waals surface area contributed by atoms with Gasteiger partial charge in [0.05, 0.1) is 0 Å². The number of carbonyl (C=O) groups is 1. The fraction of sp³-hybridized carbons (Fsp3) is 0.929. The smallest absolute Gasteiger partial charge is 0.324 e. The van der Waals surface area contributed by atoms with Gasteiger partial charge in [0.2, 0.25) is 0 Å². The van der Waals surface area contributed by atoms with Crippen LogP contribution in [0.15, 0.2) is 0 Å². The molecule has 0 aliphatic carbocycles. The highest BCUT2D eigenvalue weighted by molar-refractivity contribution is 5.83. The van der Waals surface area contributed by atoms with Crippen molar-refractivity contribution in [3.63, 3.8) is 0 Å². The van der Waals surface area contributed by atoms with E-state index in [1.54, 1.807) is 0 Å². The van der Waals surface area contributed by atoms with Gasteiger partial charge in [0.25, 0.3) is 5.91 Å². The summed E-state index contributed by atoms with van der Waals surface area (Å²) in [7, 11) is 0. The molecule has 1 N–H and O–H groups in total. The topological polar surface area (TPSA) is 38.3 Å². The molecule has 0 saturated carbocycles. The number of nitrogens with one attached hydrogen (secondary N) is 1. The second-order valence-electron chi connectivity index (χ2n) is 5.73. The first-order valence-electron chi connectivity index (χ1n) is 6.99. The highest BCUT2D eigenvalue weighted by Crippen LogP contribution is 2.21. The third-order valence-corrected chi connectivity index (χ3v) is 2.48. The lowest BCUT2D eigenvalue weighted by molar-refractivity contribution is -0.146. The number of hydrogen-bond donors (Lipinski definition) is 1. The van der Waals surface area contributed by atoms with Gasteiger partial charge in [-0.2, -0.15) is 8.78 Å². The van der Waals surface area contributed by atoms with Gasteiger partial charge in [0.15, 0.2) is 0 Å². The van der Waals surface area contributed by atoms with Crippen molar-refractivity contribution in [1.29, 1.82) is 0 Å². The molecule has 1 amide bonds. The van der Waals surface area contributed by atoms with Crippen LogP contribution < -0.4 is 5.32 Å². The van der Waals surface area contributed by atoms with Crippen LogP contribution in [0.2, 0.25) is 0 Å². The normalized spacial score (nSPS) is 12.2. The number of halogens is 2. The molecule has 0 aliphatic rings. The zero-order chi connectivity index (χ0) is 14.9. The summed E-state index contributed by atoms with van der Waals surface area (Å²) in [6, 6.07) is 0. The lowest BCUT2D eigenvalue weighted by Crippen LogP contribution is -2.41. The maximum atomic E-state index is 13.5. The van der Waals surface area contributed by atoms with E-state index in [0.29, 0.717) is 32.0 Å². The Morgan fingerprint density at radius 1 is 1.16 bits per heavy atom. The molecule has 0 rings (SSSR count). The van der Waals surface area contributed by atoms with Crippen molar-refractivity contribution < 1.29 is 18.3 Å². The molecule has 5 heteroatoms. The Labute approximate surface area is 115 Å². The molecule has 0 unspecified atom stereocenters. The van der Waals surface area contributed by atoms with E-state index in [-0.39, 0.29) is 12.5 Å². The van der Waals surface area contributed by atoms with Gasteiger partial charge in [-0.1, -0.05) is 27.7 Å². The Kier molecular flexibility index (Phi) is 8.89. The second-order valence-corrected chi connectivity index (χ2v) is 5.73. The molecule has 0 aromatic rings. The number of unbranched alkanes of at least 4 members (excludes halogenated alkanes) is 1. The van der Waals surface area contributed by atoms with Gasteiger partial charge < -0.3 is 10.1 Å². The van der Waals surface area contributed by atoms with Crippen LogP contribution in [-0.2, 0) is 9.53 Å². The van der Waals surface area contributed by atoms with Gasteiger partial charge in [-0.3, -0.25) is 4.79 Å². The summed E-state index contributed by atoms with van der Waals surface area (Å²) in [6.07, 6.45) is 0.432. The van der Waals surface area contributed by atoms with Gasteiger partial charge in [-0.25, -0.2) is 0 Å². The molecule has 0 bridgehead atoms. The fourth-order valence-corrected chi connectivity index (χ4v) is 1.41. The Morgan fingerprint density at radius 3 is 2.32 bits per heavy atom. The van der Waals surface area contributed by atoms with E-state index >= 15 is 0 Å². The predicted molar refractivity (Wildman–Crippen MR) is 72.3 cm³/mol. The molecular formula is C14H27F2NO2. The van der Waals surface area contributed by atoms with Crippen LogP contribution >= 0.6 is 0 Å². The average molecular weight is 279 g/mol. The summed E-state index contributed by atoms with van der Waals surface area (Å²) in [5.41, 5.74) is 0. The van der Waals surface area contributed by atoms with Crippen molar-refractivity contribution in [2.45, 2.75) is 52.9 Å². The van der Waals surface area contributed by atoms with Gasteiger partial charge in [0, 0.05) is 26.2 Å². The molecular weight excluding hydrogens is 252 g/mol. The monoisotopic (exact) mass is 279 g/mol. The van der Waals surface area contributed by atoms with Crippen molar-refractivity contribution in [1.82, 2.24) is 5.32 Å². The van der Waals surface area contributed by atoms with Crippen LogP contribution in [-0.4, -0.2) is 31.6 Å². The number of amides is 1. The molecule has 0 fully saturated rings. The first kappa shape index (κ1) is 18.3. The summed E-state index contributed by atoms with van der Waals surface area (Å²) < 4.78 is 32.2. The molecule has 19 heavy (non-hydrogen) atoms. The number of alkyl halides is 2. The van der Waals surface area contributed by atoms with Crippen LogP contribution in [0.1, 0.15) is 47.0 Å². The SMILES string of the molecule is CC(C)CNC(=O)C(F)(F)CCCCOCC(C)C. The highest BCUT2D eigenvalue weighted by atomic mass is 19.3. The molecule has 0 aromatic heterocycles. The van der Waals surface area contributed by atoms with Crippen LogP contribution in [0, 0.1) is 11.8 Å². The van der Waals surface area contributed by atoms with Crippen molar-refractivity contribution in [2.75, 3.05) is 19.8 Å². The van der Waals surface area contributed by atoms with Crippen LogP contribution in [0.25, 0.3) is 0 Å². The summed E-state index contributed by atoms with van der Waals surface area (Å²) in [6.45, 7) is 9.20. The standard InChI is InChI=1S/C14H27F2NO2/c1-11(2)9-17-13(18)14(15,16)7-5-6-8-19-10-12(3)4/h11-12H,5-10H2,1-4H3,(H,17,18). The third-order valence-electron chi connectivity index (χ3n) is 2.48. The number of ether oxygens (including phenoxy) is 1. The summed E-state index contributed by atoms with van der Waals surface area (Å²) >= 11 is 0. The molecule has 0 spiro atoms. The second kappa shape index (κ2) is 9.23. The van der Waals surface area contributed by atoms with E-state index in [0.717, 1.165) is 0 Å². The highest BCUT2D eigenvalue weighted by Gasteiger charge is 2.37. The molecule has 0 atom stereocenters. The average Bonchev–Trinajstić information content (AvgIpc) is 2.29. The minimum atomic E-state index is -3.27. The largest absolute Gasteiger partial charge is 0.381 e. The van der Waals surface area contributed by atoms with Crippen molar-refractivity contribution in [3.8, 4) is 0 Å². The molecule has 0 radical (unpaired) electrons. The van der Waals surface area contributed by atoms with Crippen LogP contribution in [0.4, 0.5) is 8.78 Å². The molecule has 3 nitrogen and oxygen atoms in total. The first-order chi connectivity index (χ1) is 8.75. The van der Waals surface area contributed by atoms with Gasteiger partial charge in [-0.15, -0.1) is 0 Å². The quantitative estimate of drug-likeness (QED) is 0.623. The van der Waals surface area contributed by atoms with E-state index in [1.807, 2.05) is 27.7 Å². The van der Waals surface area contributed by atoms with Gasteiger partial charge in [0.1, 0.15) is 0 Å². The van der Waals surface area contributed by atoms with Crippen molar-refractivity contribution in [2.24, 2.45) is 11.8 Å². The maximum absolute atomic E-state index is 13.5. The van der Waals surface area contributed by atoms with Crippen molar-refractivity contribution >= 4 is 5.91 Å². The van der Waals surface area contributed by atoms with E-state index < -0.39 is 18.3 Å². The lowest BCUT2D eigenvalue weighted by Gasteiger charge is -2.17. The zero-order valence-corrected chi connectivity index (χ0v) is 12.5. The van der Waals surface area contributed by atoms with Crippen LogP contribution in [0.5, 0.6) is 0 Å². The first-order valence-corrected chi connectivity index (χ1v) is 6.99. The Balaban J connectivity index is 3.74. The molecule has 114 valence electrons. The van der Waals surface area contributed by atoms with Gasteiger partial charge >= 0.3 is 5.92 Å². The number of carbonyl (C=O) groups excluding carboxylic acids is 1. The Morgan fingerprint density at radius 2 is 1.79 bits per heavy atom. The predicted octanol–water partition coefficient (Wildman–Crippen LogP) is 3.24. The summed E-state index contributed by atoms with van der Waals surface area (Å²) in [5, 5.41) is 2.27. The van der Waals surface area contributed by atoms with Crippen molar-refractivity contribution in [3.05, 3.63) is 0 Å². The fourth-order valence-electron chi connectivity index (χ4n) is 1.41. The minimum absolute atomic E-state index is 0.171. The molecule has 0 saturated heterocycles. The maximum Gasteiger partial charge on any atom is 0.324 e. The summed E-state index contributed by atoms with van der Waals surface area (Å²) in [4.78, 5) is 11.3. The third kappa shape index (κ3) is 9.82. The van der Waals surface area contributed by atoms with Gasteiger partial charge in [-0.05, 0) is 24.7 Å². The van der Waals surface area contributed by atoms with Crippen LogP contribution in [0.3, 0.4) is 0 Å². The summed E-state index contributed by atoms with van der Waals surface area (Å²) in [5.74, 6) is -3.82. The van der Waals surface area contributed by atoms with E-state index in [4.69, 9.17) is 4.74 Å². The molecule has 0 aliphatic heterocycles. The van der Waals surface area contributed by atoms with E-state index in [9.17, 15) is 13.6 Å². The van der Waals surface area contributed by atoms with E-state index in [2.05, 4.69) is 5.32 Å². The number of hydrogen-bond acceptors (Lipinski definition) is 2. The van der Waals surface area contributed by atoms with E-state index in [1.165, 1.54) is 0 Å².